The van der Waals surface area contributed by atoms with Crippen LogP contribution in [0.1, 0.15) is 24.0 Å². The highest BCUT2D eigenvalue weighted by Gasteiger charge is 2.37. The predicted octanol–water partition coefficient (Wildman–Crippen LogP) is 4.45. The maximum atomic E-state index is 13.5. The molecule has 2 N–H and O–H groups in total. The Labute approximate surface area is 174 Å². The number of benzene rings is 2. The number of nitrogens with two attached hydrogens (primary N) is 1. The molecular formula is C24H21F2N3O. The van der Waals surface area contributed by atoms with Gasteiger partial charge in [-0.15, -0.1) is 0 Å². The Kier molecular flexibility index (Phi) is 5.39. The molecule has 0 spiro atoms. The number of ether oxygens (including phenoxy) is 1. The van der Waals surface area contributed by atoms with Crippen LogP contribution in [0.5, 0.6) is 0 Å². The summed E-state index contributed by atoms with van der Waals surface area (Å²) in [5.74, 6) is -0.362. The molecule has 4 nitrogen and oxygen atoms in total. The number of rotatable bonds is 3. The van der Waals surface area contributed by atoms with Crippen LogP contribution >= 0.6 is 0 Å². The molecule has 2 heterocycles. The summed E-state index contributed by atoms with van der Waals surface area (Å²) in [6.07, 6.45) is 1.95. The first-order chi connectivity index (χ1) is 14.5. The Hall–Kier alpha value is -3.43. The molecular weight excluding hydrogens is 384 g/mol. The van der Waals surface area contributed by atoms with Crippen LogP contribution in [0.2, 0.25) is 0 Å². The minimum absolute atomic E-state index is 0.0560. The molecule has 0 aromatic heterocycles. The Balaban J connectivity index is 1.86. The van der Waals surface area contributed by atoms with Crippen molar-refractivity contribution in [2.24, 2.45) is 5.73 Å². The SMILES string of the molecule is CCN1CC(=Cc2ccc(F)cc2)C2=C(C1)C(c1ccc(F)cc1)C(C#N)=C(N)O2. The third kappa shape index (κ3) is 3.72. The van der Waals surface area contributed by atoms with Crippen LogP contribution in [-0.4, -0.2) is 24.5 Å². The van der Waals surface area contributed by atoms with Crippen LogP contribution in [-0.2, 0) is 4.74 Å². The number of hydrogen-bond acceptors (Lipinski definition) is 4. The fraction of sp³-hybridized carbons (Fsp3) is 0.208. The second kappa shape index (κ2) is 8.13. The van der Waals surface area contributed by atoms with Crippen LogP contribution in [0, 0.1) is 23.0 Å². The van der Waals surface area contributed by atoms with Gasteiger partial charge >= 0.3 is 0 Å². The molecule has 6 heteroatoms. The van der Waals surface area contributed by atoms with Gasteiger partial charge in [-0.25, -0.2) is 8.78 Å². The number of allylic oxidation sites excluding steroid dienone is 1. The van der Waals surface area contributed by atoms with E-state index in [1.165, 1.54) is 24.3 Å². The van der Waals surface area contributed by atoms with Gasteiger partial charge in [0, 0.05) is 18.7 Å². The minimum Gasteiger partial charge on any atom is -0.440 e. The molecule has 0 bridgehead atoms. The normalized spacial score (nSPS) is 20.7. The van der Waals surface area contributed by atoms with Crippen LogP contribution in [0.4, 0.5) is 8.78 Å². The predicted molar refractivity (Wildman–Crippen MR) is 111 cm³/mol. The van der Waals surface area contributed by atoms with E-state index in [2.05, 4.69) is 17.9 Å². The van der Waals surface area contributed by atoms with Gasteiger partial charge in [0.25, 0.3) is 0 Å². The first-order valence-corrected chi connectivity index (χ1v) is 9.75. The third-order valence-electron chi connectivity index (χ3n) is 5.47. The number of halogens is 2. The standard InChI is InChI=1S/C24H21F2N3O/c1-2-29-13-17(11-15-3-7-18(25)8-4-15)23-21(14-29)22(20(12-27)24(28)30-23)16-5-9-19(26)10-6-16/h3-11,22H,2,13-14,28H2,1H3. The summed E-state index contributed by atoms with van der Waals surface area (Å²) >= 11 is 0. The van der Waals surface area contributed by atoms with E-state index in [-0.39, 0.29) is 17.5 Å². The summed E-state index contributed by atoms with van der Waals surface area (Å²) in [5, 5.41) is 9.76. The summed E-state index contributed by atoms with van der Waals surface area (Å²) in [6, 6.07) is 14.5. The molecule has 0 amide bonds. The smallest absolute Gasteiger partial charge is 0.205 e. The van der Waals surface area contributed by atoms with Gasteiger partial charge in [-0.1, -0.05) is 31.2 Å². The minimum atomic E-state index is -0.412. The molecule has 2 aliphatic rings. The highest BCUT2D eigenvalue weighted by atomic mass is 19.1. The second-order valence-electron chi connectivity index (χ2n) is 7.36. The molecule has 4 rings (SSSR count). The monoisotopic (exact) mass is 405 g/mol. The summed E-state index contributed by atoms with van der Waals surface area (Å²) in [5.41, 5.74) is 9.89. The van der Waals surface area contributed by atoms with Gasteiger partial charge in [-0.2, -0.15) is 5.26 Å². The Bertz CT molecular complexity index is 1090. The number of likely N-dealkylation sites (N-methyl/N-ethyl adjacent to an activating group) is 1. The van der Waals surface area contributed by atoms with Crippen LogP contribution < -0.4 is 5.73 Å². The van der Waals surface area contributed by atoms with Gasteiger partial charge < -0.3 is 10.5 Å². The molecule has 0 fully saturated rings. The highest BCUT2D eigenvalue weighted by molar-refractivity contribution is 5.63. The van der Waals surface area contributed by atoms with Crippen LogP contribution in [0.25, 0.3) is 6.08 Å². The molecule has 0 saturated carbocycles. The topological polar surface area (TPSA) is 62.3 Å². The number of nitrogens with zero attached hydrogens (tertiary/aromatic N) is 2. The average Bonchev–Trinajstić information content (AvgIpc) is 2.75. The zero-order valence-corrected chi connectivity index (χ0v) is 16.5. The van der Waals surface area contributed by atoms with E-state index >= 15 is 0 Å². The van der Waals surface area contributed by atoms with E-state index in [1.807, 2.05) is 6.08 Å². The van der Waals surface area contributed by atoms with Crippen molar-refractivity contribution in [3.05, 3.63) is 99.7 Å². The van der Waals surface area contributed by atoms with Crippen molar-refractivity contribution in [1.82, 2.24) is 4.90 Å². The van der Waals surface area contributed by atoms with Crippen molar-refractivity contribution >= 4 is 6.08 Å². The van der Waals surface area contributed by atoms with E-state index in [4.69, 9.17) is 10.5 Å². The molecule has 2 aliphatic heterocycles. The van der Waals surface area contributed by atoms with Gasteiger partial charge in [-0.05, 0) is 53.6 Å². The molecule has 2 aromatic rings. The molecule has 1 atom stereocenters. The summed E-state index contributed by atoms with van der Waals surface area (Å²) in [7, 11) is 0. The lowest BCUT2D eigenvalue weighted by Crippen LogP contribution is -2.38. The van der Waals surface area contributed by atoms with Crippen molar-refractivity contribution < 1.29 is 13.5 Å². The van der Waals surface area contributed by atoms with Crippen molar-refractivity contribution in [3.8, 4) is 6.07 Å². The maximum absolute atomic E-state index is 13.5. The van der Waals surface area contributed by atoms with Crippen molar-refractivity contribution in [3.63, 3.8) is 0 Å². The summed E-state index contributed by atoms with van der Waals surface area (Å²) in [6.45, 7) is 4.10. The van der Waals surface area contributed by atoms with Crippen molar-refractivity contribution in [2.45, 2.75) is 12.8 Å². The van der Waals surface area contributed by atoms with E-state index in [9.17, 15) is 14.0 Å². The lowest BCUT2D eigenvalue weighted by molar-refractivity contribution is 0.239. The third-order valence-corrected chi connectivity index (χ3v) is 5.47. The van der Waals surface area contributed by atoms with Gasteiger partial charge in [-0.3, -0.25) is 4.90 Å². The highest BCUT2D eigenvalue weighted by Crippen LogP contribution is 2.43. The fourth-order valence-corrected chi connectivity index (χ4v) is 3.96. The first kappa shape index (κ1) is 19.9. The molecule has 30 heavy (non-hydrogen) atoms. The molecule has 1 unspecified atom stereocenters. The van der Waals surface area contributed by atoms with Crippen molar-refractivity contribution in [2.75, 3.05) is 19.6 Å². The summed E-state index contributed by atoms with van der Waals surface area (Å²) in [4.78, 5) is 2.23. The fourth-order valence-electron chi connectivity index (χ4n) is 3.96. The van der Waals surface area contributed by atoms with E-state index < -0.39 is 5.92 Å². The largest absolute Gasteiger partial charge is 0.440 e. The maximum Gasteiger partial charge on any atom is 0.205 e. The van der Waals surface area contributed by atoms with Crippen LogP contribution in [0.3, 0.4) is 0 Å². The molecule has 152 valence electrons. The lowest BCUT2D eigenvalue weighted by Gasteiger charge is -2.38. The Morgan fingerprint density at radius 1 is 1.10 bits per heavy atom. The van der Waals surface area contributed by atoms with Gasteiger partial charge in [0.05, 0.1) is 5.92 Å². The number of hydrogen-bond donors (Lipinski definition) is 1. The van der Waals surface area contributed by atoms with E-state index in [1.54, 1.807) is 24.3 Å². The van der Waals surface area contributed by atoms with E-state index in [0.717, 1.165) is 28.8 Å². The number of nitriles is 1. The molecule has 2 aromatic carbocycles. The molecule has 0 aliphatic carbocycles. The quantitative estimate of drug-likeness (QED) is 0.820. The molecule has 0 radical (unpaired) electrons. The zero-order chi connectivity index (χ0) is 21.3. The average molecular weight is 405 g/mol. The lowest BCUT2D eigenvalue weighted by atomic mass is 9.80. The van der Waals surface area contributed by atoms with Gasteiger partial charge in [0.1, 0.15) is 29.0 Å². The molecule has 0 saturated heterocycles. The Morgan fingerprint density at radius 2 is 1.73 bits per heavy atom. The van der Waals surface area contributed by atoms with Gasteiger partial charge in [0.2, 0.25) is 5.88 Å². The second-order valence-corrected chi connectivity index (χ2v) is 7.36. The zero-order valence-electron chi connectivity index (χ0n) is 16.5. The van der Waals surface area contributed by atoms with Gasteiger partial charge in [0.15, 0.2) is 0 Å². The van der Waals surface area contributed by atoms with E-state index in [0.29, 0.717) is 24.4 Å². The van der Waals surface area contributed by atoms with Crippen molar-refractivity contribution in [1.29, 1.82) is 5.26 Å². The van der Waals surface area contributed by atoms with Crippen LogP contribution in [0.15, 0.2) is 76.9 Å². The summed E-state index contributed by atoms with van der Waals surface area (Å²) < 4.78 is 32.8. The first-order valence-electron chi connectivity index (χ1n) is 9.75. The Morgan fingerprint density at radius 3 is 2.33 bits per heavy atom.